The van der Waals surface area contributed by atoms with Gasteiger partial charge in [-0.2, -0.15) is 0 Å². The first-order valence-corrected chi connectivity index (χ1v) is 8.88. The van der Waals surface area contributed by atoms with Gasteiger partial charge in [-0.05, 0) is 35.7 Å². The minimum atomic E-state index is -0.322. The van der Waals surface area contributed by atoms with Crippen LogP contribution in [0.5, 0.6) is 0 Å². The van der Waals surface area contributed by atoms with Crippen LogP contribution in [0.4, 0.5) is 0 Å². The predicted octanol–water partition coefficient (Wildman–Crippen LogP) is 2.65. The van der Waals surface area contributed by atoms with Gasteiger partial charge in [-0.1, -0.05) is 33.8 Å². The van der Waals surface area contributed by atoms with E-state index in [1.165, 1.54) is 4.88 Å². The van der Waals surface area contributed by atoms with Gasteiger partial charge in [-0.25, -0.2) is 0 Å². The van der Waals surface area contributed by atoms with E-state index < -0.39 is 0 Å². The quantitative estimate of drug-likeness (QED) is 0.895. The van der Waals surface area contributed by atoms with Gasteiger partial charge in [0.05, 0.1) is 18.7 Å². The Hall–Kier alpha value is -0.910. The number of carbonyl (C=O) groups is 1. The third kappa shape index (κ3) is 4.54. The summed E-state index contributed by atoms with van der Waals surface area (Å²) in [6, 6.07) is 4.12. The first-order chi connectivity index (χ1) is 10.3. The standard InChI is InChI=1S/C17H28N2O2S/c1-12-7-8-19(10-13(12)20)11-15(21)18-16(17(2,3)4)14-6-5-9-22-14/h5-6,9,12-13,16,20H,7-8,10-11H2,1-4H3,(H,18,21). The van der Waals surface area contributed by atoms with Gasteiger partial charge in [-0.15, -0.1) is 11.3 Å². The number of thiophene rings is 1. The SMILES string of the molecule is CC1CCN(CC(=O)NC(c2cccs2)C(C)(C)C)CC1O. The molecule has 1 aliphatic heterocycles. The first-order valence-electron chi connectivity index (χ1n) is 8.00. The zero-order chi connectivity index (χ0) is 16.3. The largest absolute Gasteiger partial charge is 0.392 e. The molecule has 1 amide bonds. The molecule has 0 bridgehead atoms. The smallest absolute Gasteiger partial charge is 0.234 e. The normalized spacial score (nSPS) is 25.0. The van der Waals surface area contributed by atoms with Gasteiger partial charge in [0, 0.05) is 11.4 Å². The highest BCUT2D eigenvalue weighted by Crippen LogP contribution is 2.35. The second-order valence-electron chi connectivity index (χ2n) is 7.45. The van der Waals surface area contributed by atoms with Crippen molar-refractivity contribution in [1.29, 1.82) is 0 Å². The summed E-state index contributed by atoms with van der Waals surface area (Å²) in [7, 11) is 0. The summed E-state index contributed by atoms with van der Waals surface area (Å²) in [5, 5.41) is 15.2. The van der Waals surface area contributed by atoms with E-state index in [4.69, 9.17) is 0 Å². The third-order valence-electron chi connectivity index (χ3n) is 4.37. The molecule has 2 heterocycles. The fourth-order valence-electron chi connectivity index (χ4n) is 2.84. The van der Waals surface area contributed by atoms with Gasteiger partial charge in [0.25, 0.3) is 0 Å². The Kier molecular flexibility index (Phi) is 5.64. The topological polar surface area (TPSA) is 52.6 Å². The molecule has 124 valence electrons. The van der Waals surface area contributed by atoms with E-state index >= 15 is 0 Å². The predicted molar refractivity (Wildman–Crippen MR) is 90.9 cm³/mol. The van der Waals surface area contributed by atoms with Crippen LogP contribution in [-0.4, -0.2) is 41.7 Å². The van der Waals surface area contributed by atoms with Crippen LogP contribution in [-0.2, 0) is 4.79 Å². The molecule has 0 radical (unpaired) electrons. The fourth-order valence-corrected chi connectivity index (χ4v) is 3.86. The van der Waals surface area contributed by atoms with Crippen molar-refractivity contribution in [3.63, 3.8) is 0 Å². The number of amides is 1. The van der Waals surface area contributed by atoms with E-state index in [1.807, 2.05) is 16.3 Å². The molecule has 4 nitrogen and oxygen atoms in total. The maximum Gasteiger partial charge on any atom is 0.234 e. The van der Waals surface area contributed by atoms with E-state index in [9.17, 15) is 9.90 Å². The first kappa shape index (κ1) is 17.4. The second-order valence-corrected chi connectivity index (χ2v) is 8.43. The van der Waals surface area contributed by atoms with Crippen molar-refractivity contribution >= 4 is 17.2 Å². The average molecular weight is 324 g/mol. The molecule has 0 aliphatic carbocycles. The number of piperidine rings is 1. The molecule has 22 heavy (non-hydrogen) atoms. The number of carbonyl (C=O) groups excluding carboxylic acids is 1. The molecule has 1 aliphatic rings. The number of aliphatic hydroxyl groups is 1. The number of hydrogen-bond donors (Lipinski definition) is 2. The lowest BCUT2D eigenvalue weighted by Crippen LogP contribution is -2.48. The average Bonchev–Trinajstić information content (AvgIpc) is 2.92. The molecule has 0 aromatic carbocycles. The van der Waals surface area contributed by atoms with Crippen molar-refractivity contribution in [2.75, 3.05) is 19.6 Å². The Labute approximate surface area is 137 Å². The van der Waals surface area contributed by atoms with Crippen LogP contribution in [0.3, 0.4) is 0 Å². The zero-order valence-electron chi connectivity index (χ0n) is 14.0. The van der Waals surface area contributed by atoms with Crippen molar-refractivity contribution in [2.24, 2.45) is 11.3 Å². The fraction of sp³-hybridized carbons (Fsp3) is 0.706. The van der Waals surface area contributed by atoms with Crippen molar-refractivity contribution in [3.8, 4) is 0 Å². The van der Waals surface area contributed by atoms with Crippen LogP contribution in [0.1, 0.15) is 45.0 Å². The molecule has 1 fully saturated rings. The van der Waals surface area contributed by atoms with E-state index in [0.29, 0.717) is 19.0 Å². The molecule has 1 aromatic rings. The maximum atomic E-state index is 12.4. The molecule has 2 N–H and O–H groups in total. The number of nitrogens with zero attached hydrogens (tertiary/aromatic N) is 1. The Morgan fingerprint density at radius 2 is 2.27 bits per heavy atom. The zero-order valence-corrected chi connectivity index (χ0v) is 14.8. The molecular formula is C17H28N2O2S. The number of rotatable bonds is 4. The number of aliphatic hydroxyl groups excluding tert-OH is 1. The van der Waals surface area contributed by atoms with E-state index in [0.717, 1.165) is 13.0 Å². The van der Waals surface area contributed by atoms with Gasteiger partial charge in [-0.3, -0.25) is 9.69 Å². The summed E-state index contributed by atoms with van der Waals surface area (Å²) in [6.07, 6.45) is 0.625. The molecular weight excluding hydrogens is 296 g/mol. The summed E-state index contributed by atoms with van der Waals surface area (Å²) in [5.74, 6) is 0.364. The Balaban J connectivity index is 1.95. The highest BCUT2D eigenvalue weighted by Gasteiger charge is 2.30. The van der Waals surface area contributed by atoms with E-state index in [2.05, 4.69) is 39.1 Å². The highest BCUT2D eigenvalue weighted by atomic mass is 32.1. The monoisotopic (exact) mass is 324 g/mol. The van der Waals surface area contributed by atoms with Crippen LogP contribution in [0.25, 0.3) is 0 Å². The summed E-state index contributed by atoms with van der Waals surface area (Å²) >= 11 is 1.68. The van der Waals surface area contributed by atoms with Crippen molar-refractivity contribution in [1.82, 2.24) is 10.2 Å². The van der Waals surface area contributed by atoms with Gasteiger partial charge in [0.15, 0.2) is 0 Å². The maximum absolute atomic E-state index is 12.4. The molecule has 1 saturated heterocycles. The molecule has 5 heteroatoms. The second kappa shape index (κ2) is 7.11. The van der Waals surface area contributed by atoms with Crippen molar-refractivity contribution in [3.05, 3.63) is 22.4 Å². The molecule has 0 saturated carbocycles. The minimum Gasteiger partial charge on any atom is -0.392 e. The minimum absolute atomic E-state index is 0.0219. The Bertz CT molecular complexity index is 481. The molecule has 0 spiro atoms. The van der Waals surface area contributed by atoms with Crippen molar-refractivity contribution in [2.45, 2.75) is 46.3 Å². The van der Waals surface area contributed by atoms with Crippen LogP contribution in [0.15, 0.2) is 17.5 Å². The summed E-state index contributed by atoms with van der Waals surface area (Å²) in [5.41, 5.74) is -0.0313. The summed E-state index contributed by atoms with van der Waals surface area (Å²) in [6.45, 7) is 10.3. The number of hydrogen-bond acceptors (Lipinski definition) is 4. The van der Waals surface area contributed by atoms with E-state index in [-0.39, 0.29) is 23.5 Å². The number of nitrogens with one attached hydrogen (secondary N) is 1. The Morgan fingerprint density at radius 3 is 2.82 bits per heavy atom. The van der Waals surface area contributed by atoms with Gasteiger partial charge >= 0.3 is 0 Å². The van der Waals surface area contributed by atoms with Crippen LogP contribution in [0.2, 0.25) is 0 Å². The van der Waals surface area contributed by atoms with Crippen LogP contribution >= 0.6 is 11.3 Å². The lowest BCUT2D eigenvalue weighted by molar-refractivity contribution is -0.124. The van der Waals surface area contributed by atoms with Gasteiger partial charge in [0.2, 0.25) is 5.91 Å². The summed E-state index contributed by atoms with van der Waals surface area (Å²) < 4.78 is 0. The highest BCUT2D eigenvalue weighted by molar-refractivity contribution is 7.10. The summed E-state index contributed by atoms with van der Waals surface area (Å²) in [4.78, 5) is 15.7. The lowest BCUT2D eigenvalue weighted by atomic mass is 9.85. The third-order valence-corrected chi connectivity index (χ3v) is 5.31. The lowest BCUT2D eigenvalue weighted by Gasteiger charge is -2.35. The van der Waals surface area contributed by atoms with Gasteiger partial charge in [0.1, 0.15) is 0 Å². The molecule has 3 unspecified atom stereocenters. The van der Waals surface area contributed by atoms with Crippen LogP contribution in [0, 0.1) is 11.3 Å². The van der Waals surface area contributed by atoms with E-state index in [1.54, 1.807) is 11.3 Å². The van der Waals surface area contributed by atoms with Crippen molar-refractivity contribution < 1.29 is 9.90 Å². The molecule has 1 aromatic heterocycles. The number of likely N-dealkylation sites (tertiary alicyclic amines) is 1. The van der Waals surface area contributed by atoms with Crippen LogP contribution < -0.4 is 5.32 Å². The molecule has 2 rings (SSSR count). The molecule has 3 atom stereocenters. The number of β-amino-alcohol motifs (C(OH)–C–C–N with tert-alkyl or cyclic N) is 1. The van der Waals surface area contributed by atoms with Gasteiger partial charge < -0.3 is 10.4 Å². The Morgan fingerprint density at radius 1 is 1.55 bits per heavy atom.